The van der Waals surface area contributed by atoms with E-state index in [9.17, 15) is 8.42 Å². The molecule has 2 rings (SSSR count). The quantitative estimate of drug-likeness (QED) is 0.831. The zero-order chi connectivity index (χ0) is 12.6. The number of halogens is 1. The Balaban J connectivity index is 2.93. The van der Waals surface area contributed by atoms with Crippen molar-refractivity contribution in [1.29, 1.82) is 5.26 Å². The Hall–Kier alpha value is -1.58. The predicted molar refractivity (Wildman–Crippen MR) is 62.6 cm³/mol. The Morgan fingerprint density at radius 2 is 2.29 bits per heavy atom. The summed E-state index contributed by atoms with van der Waals surface area (Å²) in [6, 6.07) is 5.06. The normalized spacial score (nSPS) is 11.6. The van der Waals surface area contributed by atoms with Crippen LogP contribution in [0.4, 0.5) is 0 Å². The van der Waals surface area contributed by atoms with Gasteiger partial charge in [-0.25, -0.2) is 13.4 Å². The van der Waals surface area contributed by atoms with Crippen LogP contribution in [0.25, 0.3) is 5.65 Å². The van der Waals surface area contributed by atoms with Crippen LogP contribution in [-0.4, -0.2) is 23.6 Å². The van der Waals surface area contributed by atoms with Crippen molar-refractivity contribution in [2.45, 2.75) is 11.9 Å². The monoisotopic (exact) mass is 269 g/mol. The van der Waals surface area contributed by atoms with Gasteiger partial charge in [0.1, 0.15) is 6.07 Å². The molecule has 0 saturated carbocycles. The van der Waals surface area contributed by atoms with Crippen LogP contribution in [0.2, 0.25) is 5.02 Å². The van der Waals surface area contributed by atoms with E-state index in [1.54, 1.807) is 18.3 Å². The lowest BCUT2D eigenvalue weighted by atomic mass is 10.4. The van der Waals surface area contributed by atoms with Gasteiger partial charge in [-0.2, -0.15) is 5.26 Å². The van der Waals surface area contributed by atoms with Gasteiger partial charge in [0, 0.05) is 6.20 Å². The molecule has 0 fully saturated rings. The van der Waals surface area contributed by atoms with Gasteiger partial charge in [-0.1, -0.05) is 18.5 Å². The second kappa shape index (κ2) is 4.02. The summed E-state index contributed by atoms with van der Waals surface area (Å²) in [5, 5.41) is 9.13. The first-order chi connectivity index (χ1) is 8.01. The minimum absolute atomic E-state index is 0.00986. The lowest BCUT2D eigenvalue weighted by molar-refractivity contribution is 0.594. The molecule has 0 aliphatic rings. The summed E-state index contributed by atoms with van der Waals surface area (Å²) in [6.07, 6.45) is 1.56. The average molecular weight is 270 g/mol. The molecule has 0 spiro atoms. The van der Waals surface area contributed by atoms with Gasteiger partial charge in [0.2, 0.25) is 0 Å². The van der Waals surface area contributed by atoms with Crippen LogP contribution in [0.5, 0.6) is 0 Å². The molecule has 0 saturated heterocycles. The lowest BCUT2D eigenvalue weighted by Gasteiger charge is -1.96. The zero-order valence-electron chi connectivity index (χ0n) is 8.88. The maximum Gasteiger partial charge on any atom is 0.198 e. The van der Waals surface area contributed by atoms with Crippen molar-refractivity contribution in [1.82, 2.24) is 9.38 Å². The van der Waals surface area contributed by atoms with E-state index in [0.717, 1.165) is 0 Å². The number of pyridine rings is 1. The molecule has 2 aromatic rings. The Bertz CT molecular complexity index is 728. The molecule has 7 heteroatoms. The van der Waals surface area contributed by atoms with E-state index in [0.29, 0.717) is 5.02 Å². The Labute approximate surface area is 103 Å². The second-order valence-corrected chi connectivity index (χ2v) is 5.93. The van der Waals surface area contributed by atoms with Gasteiger partial charge in [0.05, 0.1) is 10.8 Å². The van der Waals surface area contributed by atoms with Crippen LogP contribution in [0.3, 0.4) is 0 Å². The van der Waals surface area contributed by atoms with Crippen molar-refractivity contribution in [2.24, 2.45) is 0 Å². The number of fused-ring (bicyclic) bond motifs is 1. The highest BCUT2D eigenvalue weighted by atomic mass is 35.5. The maximum atomic E-state index is 11.8. The van der Waals surface area contributed by atoms with Crippen molar-refractivity contribution in [2.75, 3.05) is 5.75 Å². The van der Waals surface area contributed by atoms with Crippen molar-refractivity contribution in [3.8, 4) is 6.07 Å². The molecule has 0 amide bonds. The predicted octanol–water partition coefficient (Wildman–Crippen LogP) is 1.65. The minimum Gasteiger partial charge on any atom is -0.289 e. The molecule has 0 aliphatic heterocycles. The molecule has 88 valence electrons. The summed E-state index contributed by atoms with van der Waals surface area (Å²) in [4.78, 5) is 3.95. The molecule has 0 aliphatic carbocycles. The highest BCUT2D eigenvalue weighted by molar-refractivity contribution is 7.91. The standard InChI is InChI=1S/C10H8ClN3O2S/c1-2-17(15,16)10-8(6-12)14-5-3-4-7(11)9(14)13-10/h3-5H,2H2,1H3. The largest absolute Gasteiger partial charge is 0.289 e. The molecular formula is C10H8ClN3O2S. The molecular weight excluding hydrogens is 262 g/mol. The fourth-order valence-corrected chi connectivity index (χ4v) is 2.61. The fraction of sp³-hybridized carbons (Fsp3) is 0.200. The van der Waals surface area contributed by atoms with Gasteiger partial charge in [0.25, 0.3) is 0 Å². The van der Waals surface area contributed by atoms with Gasteiger partial charge >= 0.3 is 0 Å². The average Bonchev–Trinajstić information content (AvgIpc) is 2.69. The van der Waals surface area contributed by atoms with Crippen molar-refractivity contribution >= 4 is 27.1 Å². The van der Waals surface area contributed by atoms with E-state index in [2.05, 4.69) is 4.98 Å². The number of hydrogen-bond acceptors (Lipinski definition) is 4. The van der Waals surface area contributed by atoms with Crippen molar-refractivity contribution < 1.29 is 8.42 Å². The molecule has 0 N–H and O–H groups in total. The third-order valence-electron chi connectivity index (χ3n) is 2.35. The third-order valence-corrected chi connectivity index (χ3v) is 4.28. The number of sulfone groups is 1. The van der Waals surface area contributed by atoms with E-state index in [-0.39, 0.29) is 22.1 Å². The maximum absolute atomic E-state index is 11.8. The van der Waals surface area contributed by atoms with E-state index in [1.807, 2.05) is 6.07 Å². The first-order valence-corrected chi connectivity index (χ1v) is 6.83. The van der Waals surface area contributed by atoms with Gasteiger partial charge in [-0.05, 0) is 12.1 Å². The number of hydrogen-bond donors (Lipinski definition) is 0. The minimum atomic E-state index is -3.53. The molecule has 17 heavy (non-hydrogen) atoms. The van der Waals surface area contributed by atoms with Crippen LogP contribution in [-0.2, 0) is 9.84 Å². The van der Waals surface area contributed by atoms with Gasteiger partial charge < -0.3 is 0 Å². The summed E-state index contributed by atoms with van der Waals surface area (Å²) in [5.41, 5.74) is 0.266. The van der Waals surface area contributed by atoms with E-state index >= 15 is 0 Å². The van der Waals surface area contributed by atoms with Crippen LogP contribution in [0.1, 0.15) is 12.6 Å². The summed E-state index contributed by atoms with van der Waals surface area (Å²) in [6.45, 7) is 1.50. The number of nitrogens with zero attached hydrogens (tertiary/aromatic N) is 3. The van der Waals surface area contributed by atoms with E-state index in [4.69, 9.17) is 16.9 Å². The van der Waals surface area contributed by atoms with Crippen LogP contribution < -0.4 is 0 Å². The highest BCUT2D eigenvalue weighted by Gasteiger charge is 2.23. The number of nitriles is 1. The molecule has 0 aromatic carbocycles. The topological polar surface area (TPSA) is 75.2 Å². The molecule has 0 unspecified atom stereocenters. The van der Waals surface area contributed by atoms with Gasteiger partial charge in [0.15, 0.2) is 26.2 Å². The summed E-state index contributed by atoms with van der Waals surface area (Å²) >= 11 is 5.91. The van der Waals surface area contributed by atoms with Crippen LogP contribution in [0.15, 0.2) is 23.4 Å². The van der Waals surface area contributed by atoms with Crippen molar-refractivity contribution in [3.63, 3.8) is 0 Å². The third kappa shape index (κ3) is 1.77. The first kappa shape index (κ1) is 11.9. The number of aromatic nitrogens is 2. The van der Waals surface area contributed by atoms with E-state index < -0.39 is 9.84 Å². The summed E-state index contributed by atoms with van der Waals surface area (Å²) in [5.74, 6) is -0.108. The van der Waals surface area contributed by atoms with Crippen LogP contribution >= 0.6 is 11.6 Å². The number of imidazole rings is 1. The number of rotatable bonds is 2. The Morgan fingerprint density at radius 1 is 1.59 bits per heavy atom. The van der Waals surface area contributed by atoms with Gasteiger partial charge in [-0.3, -0.25) is 4.40 Å². The smallest absolute Gasteiger partial charge is 0.198 e. The molecule has 0 atom stereocenters. The molecule has 2 aromatic heterocycles. The summed E-state index contributed by atoms with van der Waals surface area (Å²) in [7, 11) is -3.53. The molecule has 0 bridgehead atoms. The molecule has 0 radical (unpaired) electrons. The summed E-state index contributed by atoms with van der Waals surface area (Å²) < 4.78 is 25.0. The van der Waals surface area contributed by atoms with Crippen LogP contribution in [0, 0.1) is 11.3 Å². The zero-order valence-corrected chi connectivity index (χ0v) is 10.5. The lowest BCUT2D eigenvalue weighted by Crippen LogP contribution is -2.06. The van der Waals surface area contributed by atoms with E-state index in [1.165, 1.54) is 11.3 Å². The molecule has 2 heterocycles. The highest BCUT2D eigenvalue weighted by Crippen LogP contribution is 2.23. The van der Waals surface area contributed by atoms with Crippen molar-refractivity contribution in [3.05, 3.63) is 29.0 Å². The molecule has 5 nitrogen and oxygen atoms in total. The van der Waals surface area contributed by atoms with Gasteiger partial charge in [-0.15, -0.1) is 0 Å². The first-order valence-electron chi connectivity index (χ1n) is 4.80. The SMILES string of the molecule is CCS(=O)(=O)c1nc2c(Cl)cccn2c1C#N. The Morgan fingerprint density at radius 3 is 2.88 bits per heavy atom. The fourth-order valence-electron chi connectivity index (χ4n) is 1.47. The second-order valence-electron chi connectivity index (χ2n) is 3.33. The Kier molecular flexibility index (Phi) is 2.81.